The molecule has 2 aromatic rings. The summed E-state index contributed by atoms with van der Waals surface area (Å²) in [6.45, 7) is 0.319. The van der Waals surface area contributed by atoms with Gasteiger partial charge in [0.05, 0.1) is 16.7 Å². The molecule has 26 heavy (non-hydrogen) atoms. The van der Waals surface area contributed by atoms with E-state index in [4.69, 9.17) is 32.5 Å². The molecule has 5 nitrogen and oxygen atoms in total. The molecule has 2 bridgehead atoms. The second kappa shape index (κ2) is 5.98. The molecule has 2 unspecified atom stereocenters. The van der Waals surface area contributed by atoms with Crippen LogP contribution in [-0.2, 0) is 16.1 Å². The molecule has 1 amide bonds. The van der Waals surface area contributed by atoms with Crippen LogP contribution in [0.25, 0.3) is 11.3 Å². The first-order valence-electron chi connectivity index (χ1n) is 8.95. The number of carbonyl (C=O) groups is 1. The van der Waals surface area contributed by atoms with E-state index >= 15 is 0 Å². The van der Waals surface area contributed by atoms with Gasteiger partial charge in [-0.1, -0.05) is 34.4 Å². The molecule has 1 aromatic heterocycles. The average molecular weight is 393 g/mol. The highest BCUT2D eigenvalue weighted by Gasteiger charge is 2.51. The number of fused-ring (bicyclic) bond motifs is 2. The Kier molecular flexibility index (Phi) is 3.82. The highest BCUT2D eigenvalue weighted by atomic mass is 35.5. The zero-order chi connectivity index (χ0) is 17.9. The Morgan fingerprint density at radius 3 is 2.62 bits per heavy atom. The van der Waals surface area contributed by atoms with Gasteiger partial charge in [0.2, 0.25) is 5.91 Å². The molecule has 0 radical (unpaired) electrons. The summed E-state index contributed by atoms with van der Waals surface area (Å²) >= 11 is 12.8. The molecule has 2 atom stereocenters. The Morgan fingerprint density at radius 1 is 1.23 bits per heavy atom. The first-order valence-corrected chi connectivity index (χ1v) is 9.71. The summed E-state index contributed by atoms with van der Waals surface area (Å²) in [5.74, 6) is 1.41. The van der Waals surface area contributed by atoms with Crippen LogP contribution in [0.3, 0.4) is 0 Å². The number of piperidine rings is 1. The molecular formula is C19H18Cl2N2O3. The Bertz CT molecular complexity index is 873. The van der Waals surface area contributed by atoms with Crippen LogP contribution in [-0.4, -0.2) is 16.8 Å². The molecule has 2 heterocycles. The zero-order valence-electron chi connectivity index (χ0n) is 14.1. The van der Waals surface area contributed by atoms with Crippen molar-refractivity contribution in [1.29, 1.82) is 0 Å². The van der Waals surface area contributed by atoms with Crippen LogP contribution in [0, 0.1) is 5.92 Å². The minimum Gasteiger partial charge on any atom is -0.360 e. The summed E-state index contributed by atoms with van der Waals surface area (Å²) < 4.78 is 11.9. The summed E-state index contributed by atoms with van der Waals surface area (Å²) in [6.07, 6.45) is 4.63. The van der Waals surface area contributed by atoms with Crippen molar-refractivity contribution in [3.63, 3.8) is 0 Å². The molecule has 2 aliphatic carbocycles. The van der Waals surface area contributed by atoms with E-state index in [1.807, 2.05) is 0 Å². The lowest BCUT2D eigenvalue weighted by Gasteiger charge is -2.28. The molecule has 3 aliphatic rings. The average Bonchev–Trinajstić information content (AvgIpc) is 3.12. The SMILES string of the molecule is O=C1NC2(OCc3c(-c4c(Cl)cccc4Cl)noc3C3CC3)CCC1C2. The second-order valence-electron chi connectivity index (χ2n) is 7.46. The van der Waals surface area contributed by atoms with Gasteiger partial charge in [0.1, 0.15) is 17.2 Å². The number of aromatic nitrogens is 1. The largest absolute Gasteiger partial charge is 0.360 e. The fraction of sp³-hybridized carbons (Fsp3) is 0.474. The fourth-order valence-corrected chi connectivity index (χ4v) is 4.68. The third-order valence-electron chi connectivity index (χ3n) is 5.65. The van der Waals surface area contributed by atoms with E-state index in [-0.39, 0.29) is 11.8 Å². The minimum atomic E-state index is -0.554. The van der Waals surface area contributed by atoms with Gasteiger partial charge >= 0.3 is 0 Å². The minimum absolute atomic E-state index is 0.0814. The van der Waals surface area contributed by atoms with Gasteiger partial charge in [0, 0.05) is 29.4 Å². The number of carbonyl (C=O) groups excluding carboxylic acids is 1. The van der Waals surface area contributed by atoms with E-state index in [0.717, 1.165) is 43.4 Å². The molecule has 2 saturated carbocycles. The molecule has 3 fully saturated rings. The number of nitrogens with one attached hydrogen (secondary N) is 1. The number of hydrogen-bond donors (Lipinski definition) is 1. The molecule has 1 aliphatic heterocycles. The van der Waals surface area contributed by atoms with Crippen molar-refractivity contribution in [1.82, 2.24) is 10.5 Å². The molecule has 136 valence electrons. The number of hydrogen-bond acceptors (Lipinski definition) is 4. The van der Waals surface area contributed by atoms with Crippen LogP contribution in [0.1, 0.15) is 49.3 Å². The third-order valence-corrected chi connectivity index (χ3v) is 6.28. The van der Waals surface area contributed by atoms with Crippen molar-refractivity contribution in [2.24, 2.45) is 5.92 Å². The molecule has 1 saturated heterocycles. The number of benzene rings is 1. The van der Waals surface area contributed by atoms with Crippen molar-refractivity contribution in [3.8, 4) is 11.3 Å². The predicted molar refractivity (Wildman–Crippen MR) is 96.9 cm³/mol. The lowest BCUT2D eigenvalue weighted by atomic mass is 10.0. The molecule has 1 N–H and O–H groups in total. The normalized spacial score (nSPS) is 27.2. The van der Waals surface area contributed by atoms with E-state index in [9.17, 15) is 4.79 Å². The summed E-state index contributed by atoms with van der Waals surface area (Å²) in [7, 11) is 0. The predicted octanol–water partition coefficient (Wildman–Crippen LogP) is 4.67. The number of nitrogens with zero attached hydrogens (tertiary/aromatic N) is 1. The third kappa shape index (κ3) is 2.65. The van der Waals surface area contributed by atoms with Gasteiger partial charge in [-0.3, -0.25) is 4.79 Å². The Morgan fingerprint density at radius 2 is 2.00 bits per heavy atom. The smallest absolute Gasteiger partial charge is 0.225 e. The van der Waals surface area contributed by atoms with Gasteiger partial charge in [-0.15, -0.1) is 0 Å². The monoisotopic (exact) mass is 392 g/mol. The molecule has 1 aromatic carbocycles. The van der Waals surface area contributed by atoms with E-state index in [1.165, 1.54) is 0 Å². The highest BCUT2D eigenvalue weighted by Crippen LogP contribution is 2.47. The maximum atomic E-state index is 11.9. The van der Waals surface area contributed by atoms with Gasteiger partial charge in [-0.05, 0) is 37.8 Å². The maximum Gasteiger partial charge on any atom is 0.225 e. The molecule has 0 spiro atoms. The first-order chi connectivity index (χ1) is 12.6. The quantitative estimate of drug-likeness (QED) is 0.802. The van der Waals surface area contributed by atoms with Crippen LogP contribution >= 0.6 is 23.2 Å². The van der Waals surface area contributed by atoms with Gasteiger partial charge in [-0.25, -0.2) is 0 Å². The molecule has 7 heteroatoms. The van der Waals surface area contributed by atoms with Crippen molar-refractivity contribution in [2.45, 2.75) is 50.4 Å². The van der Waals surface area contributed by atoms with E-state index in [2.05, 4.69) is 10.5 Å². The summed E-state index contributed by atoms with van der Waals surface area (Å²) in [5, 5.41) is 8.35. The van der Waals surface area contributed by atoms with E-state index in [1.54, 1.807) is 18.2 Å². The molecule has 5 rings (SSSR count). The number of halogens is 2. The van der Waals surface area contributed by atoms with Crippen LogP contribution < -0.4 is 5.32 Å². The highest BCUT2D eigenvalue weighted by molar-refractivity contribution is 6.39. The van der Waals surface area contributed by atoms with E-state index in [0.29, 0.717) is 33.8 Å². The summed E-state index contributed by atoms with van der Waals surface area (Å²) in [4.78, 5) is 11.9. The Hall–Kier alpha value is -1.56. The standard InChI is InChI=1S/C19H18Cl2N2O3/c20-13-2-1-3-14(21)15(13)16-12(17(26-23-16)10-4-5-10)9-25-19-7-6-11(8-19)18(24)22-19/h1-3,10-11H,4-9H2,(H,22,24). The number of amides is 1. The topological polar surface area (TPSA) is 64.4 Å². The number of ether oxygens (including phenoxy) is 1. The fourth-order valence-electron chi connectivity index (χ4n) is 4.10. The van der Waals surface area contributed by atoms with Gasteiger partial charge in [0.25, 0.3) is 0 Å². The van der Waals surface area contributed by atoms with Crippen LogP contribution in [0.2, 0.25) is 10.0 Å². The van der Waals surface area contributed by atoms with E-state index < -0.39 is 5.72 Å². The van der Waals surface area contributed by atoms with Gasteiger partial charge in [0.15, 0.2) is 0 Å². The number of rotatable bonds is 5. The summed E-state index contributed by atoms with van der Waals surface area (Å²) in [6, 6.07) is 5.38. The lowest BCUT2D eigenvalue weighted by Crippen LogP contribution is -2.45. The van der Waals surface area contributed by atoms with Crippen molar-refractivity contribution in [3.05, 3.63) is 39.6 Å². The van der Waals surface area contributed by atoms with Crippen LogP contribution in [0.5, 0.6) is 0 Å². The van der Waals surface area contributed by atoms with Crippen molar-refractivity contribution in [2.75, 3.05) is 0 Å². The first kappa shape index (κ1) is 16.6. The summed E-state index contributed by atoms with van der Waals surface area (Å²) in [5.41, 5.74) is 1.64. The lowest BCUT2D eigenvalue weighted by molar-refractivity contribution is -0.131. The van der Waals surface area contributed by atoms with Crippen LogP contribution in [0.15, 0.2) is 22.7 Å². The Balaban J connectivity index is 1.49. The van der Waals surface area contributed by atoms with Crippen molar-refractivity contribution < 1.29 is 14.1 Å². The van der Waals surface area contributed by atoms with Crippen molar-refractivity contribution >= 4 is 29.1 Å². The van der Waals surface area contributed by atoms with Gasteiger partial charge < -0.3 is 14.6 Å². The zero-order valence-corrected chi connectivity index (χ0v) is 15.6. The van der Waals surface area contributed by atoms with Gasteiger partial charge in [-0.2, -0.15) is 0 Å². The Labute approximate surface area is 161 Å². The maximum absolute atomic E-state index is 11.9. The molecular weight excluding hydrogens is 375 g/mol. The van der Waals surface area contributed by atoms with Crippen LogP contribution in [0.4, 0.5) is 0 Å². The second-order valence-corrected chi connectivity index (χ2v) is 8.27.